The zero-order chi connectivity index (χ0) is 17.5. The van der Waals surface area contributed by atoms with Crippen molar-refractivity contribution in [2.75, 3.05) is 19.0 Å². The van der Waals surface area contributed by atoms with Crippen LogP contribution in [0.5, 0.6) is 5.75 Å². The van der Waals surface area contributed by atoms with Gasteiger partial charge in [-0.1, -0.05) is 13.8 Å². The Morgan fingerprint density at radius 2 is 1.88 bits per heavy atom. The van der Waals surface area contributed by atoms with Gasteiger partial charge in [-0.05, 0) is 54.9 Å². The molecule has 2 unspecified atom stereocenters. The summed E-state index contributed by atoms with van der Waals surface area (Å²) >= 11 is 0. The summed E-state index contributed by atoms with van der Waals surface area (Å²) in [6.45, 7) is 4.69. The highest BCUT2D eigenvalue weighted by Gasteiger charge is 2.40. The first-order chi connectivity index (χ1) is 11.6. The molecule has 0 radical (unpaired) electrons. The highest BCUT2D eigenvalue weighted by atomic mass is 16.5. The molecular formula is C19H28N2O3. The number of hydrogen-bond acceptors (Lipinski definition) is 3. The van der Waals surface area contributed by atoms with E-state index in [0.717, 1.165) is 36.3 Å². The van der Waals surface area contributed by atoms with Gasteiger partial charge in [-0.2, -0.15) is 0 Å². The lowest BCUT2D eigenvalue weighted by atomic mass is 10.1. The van der Waals surface area contributed by atoms with Gasteiger partial charge in [0.15, 0.2) is 0 Å². The number of rotatable bonds is 9. The van der Waals surface area contributed by atoms with Crippen molar-refractivity contribution >= 4 is 17.5 Å². The molecule has 132 valence electrons. The topological polar surface area (TPSA) is 67.4 Å². The van der Waals surface area contributed by atoms with Crippen LogP contribution in [-0.4, -0.2) is 25.5 Å². The lowest BCUT2D eigenvalue weighted by Gasteiger charge is -2.13. The molecule has 2 rings (SSSR count). The zero-order valence-electron chi connectivity index (χ0n) is 14.9. The quantitative estimate of drug-likeness (QED) is 0.728. The van der Waals surface area contributed by atoms with Crippen LogP contribution in [0.25, 0.3) is 0 Å². The number of carbonyl (C=O) groups is 2. The van der Waals surface area contributed by atoms with Gasteiger partial charge < -0.3 is 15.4 Å². The predicted octanol–water partition coefficient (Wildman–Crippen LogP) is 3.45. The van der Waals surface area contributed by atoms with Crippen molar-refractivity contribution < 1.29 is 14.3 Å². The summed E-state index contributed by atoms with van der Waals surface area (Å²) in [6, 6.07) is 5.78. The Balaban J connectivity index is 2.03. The summed E-state index contributed by atoms with van der Waals surface area (Å²) in [5, 5.41) is 6.00. The van der Waals surface area contributed by atoms with Gasteiger partial charge in [0, 0.05) is 25.1 Å². The second-order valence-electron chi connectivity index (χ2n) is 6.41. The molecule has 0 aromatic heterocycles. The van der Waals surface area contributed by atoms with E-state index in [0.29, 0.717) is 31.2 Å². The van der Waals surface area contributed by atoms with E-state index in [-0.39, 0.29) is 11.8 Å². The van der Waals surface area contributed by atoms with Crippen LogP contribution in [-0.2, 0) is 9.59 Å². The summed E-state index contributed by atoms with van der Waals surface area (Å²) in [7, 11) is 1.64. The molecule has 1 aliphatic rings. The van der Waals surface area contributed by atoms with Gasteiger partial charge in [-0.25, -0.2) is 0 Å². The summed E-state index contributed by atoms with van der Waals surface area (Å²) in [5.41, 5.74) is 1.97. The third-order valence-corrected chi connectivity index (χ3v) is 4.37. The Morgan fingerprint density at radius 3 is 2.54 bits per heavy atom. The monoisotopic (exact) mass is 332 g/mol. The maximum atomic E-state index is 11.9. The van der Waals surface area contributed by atoms with Gasteiger partial charge in [0.05, 0.1) is 7.11 Å². The minimum atomic E-state index is 0.0392. The van der Waals surface area contributed by atoms with E-state index in [1.54, 1.807) is 7.11 Å². The largest absolute Gasteiger partial charge is 0.497 e. The van der Waals surface area contributed by atoms with E-state index in [1.165, 1.54) is 0 Å². The minimum Gasteiger partial charge on any atom is -0.497 e. The number of nitrogens with one attached hydrogen (secondary N) is 2. The van der Waals surface area contributed by atoms with Crippen LogP contribution in [0.3, 0.4) is 0 Å². The van der Waals surface area contributed by atoms with Crippen molar-refractivity contribution in [1.82, 2.24) is 5.32 Å². The number of amides is 2. The van der Waals surface area contributed by atoms with E-state index in [1.807, 2.05) is 32.0 Å². The van der Waals surface area contributed by atoms with Crippen LogP contribution in [0, 0.1) is 5.92 Å². The Bertz CT molecular complexity index is 586. The molecule has 5 nitrogen and oxygen atoms in total. The third kappa shape index (κ3) is 4.98. The molecule has 2 N–H and O–H groups in total. The third-order valence-electron chi connectivity index (χ3n) is 4.37. The van der Waals surface area contributed by atoms with E-state index < -0.39 is 0 Å². The van der Waals surface area contributed by atoms with E-state index in [9.17, 15) is 9.59 Å². The average Bonchev–Trinajstić information content (AvgIpc) is 3.33. The first kappa shape index (κ1) is 18.3. The molecular weight excluding hydrogens is 304 g/mol. The normalized spacial score (nSPS) is 18.8. The lowest BCUT2D eigenvalue weighted by Crippen LogP contribution is -2.25. The van der Waals surface area contributed by atoms with Crippen LogP contribution < -0.4 is 15.4 Å². The number of hydrogen-bond donors (Lipinski definition) is 2. The van der Waals surface area contributed by atoms with E-state index >= 15 is 0 Å². The Labute approximate surface area is 144 Å². The van der Waals surface area contributed by atoms with Gasteiger partial charge in [0.2, 0.25) is 11.8 Å². The van der Waals surface area contributed by atoms with Crippen molar-refractivity contribution in [1.29, 1.82) is 0 Å². The van der Waals surface area contributed by atoms with Crippen LogP contribution in [0.2, 0.25) is 0 Å². The SMILES string of the molecule is CCCC(=O)NCC1CC1c1cc(OC)ccc1NC(=O)CCC. The maximum Gasteiger partial charge on any atom is 0.224 e. The second-order valence-corrected chi connectivity index (χ2v) is 6.41. The van der Waals surface area contributed by atoms with Crippen LogP contribution in [0.1, 0.15) is 57.4 Å². The predicted molar refractivity (Wildman–Crippen MR) is 95.3 cm³/mol. The first-order valence-electron chi connectivity index (χ1n) is 8.83. The number of carbonyl (C=O) groups excluding carboxylic acids is 2. The fourth-order valence-electron chi connectivity index (χ4n) is 2.94. The average molecular weight is 332 g/mol. The number of anilines is 1. The molecule has 24 heavy (non-hydrogen) atoms. The molecule has 1 aromatic carbocycles. The van der Waals surface area contributed by atoms with Crippen molar-refractivity contribution in [2.24, 2.45) is 5.92 Å². The summed E-state index contributed by atoms with van der Waals surface area (Å²) in [5.74, 6) is 1.74. The highest BCUT2D eigenvalue weighted by molar-refractivity contribution is 5.91. The molecule has 0 saturated heterocycles. The first-order valence-corrected chi connectivity index (χ1v) is 8.83. The maximum absolute atomic E-state index is 11.9. The molecule has 5 heteroatoms. The van der Waals surface area contributed by atoms with Gasteiger partial charge in [0.1, 0.15) is 5.75 Å². The molecule has 2 amide bonds. The van der Waals surface area contributed by atoms with Crippen molar-refractivity contribution in [3.8, 4) is 5.75 Å². The molecule has 2 atom stereocenters. The van der Waals surface area contributed by atoms with Gasteiger partial charge in [-0.3, -0.25) is 9.59 Å². The van der Waals surface area contributed by atoms with Gasteiger partial charge in [-0.15, -0.1) is 0 Å². The van der Waals surface area contributed by atoms with Crippen LogP contribution in [0.4, 0.5) is 5.69 Å². The molecule has 1 aromatic rings. The van der Waals surface area contributed by atoms with Crippen LogP contribution >= 0.6 is 0 Å². The second kappa shape index (κ2) is 8.71. The zero-order valence-corrected chi connectivity index (χ0v) is 14.9. The molecule has 0 heterocycles. The van der Waals surface area contributed by atoms with E-state index in [2.05, 4.69) is 10.6 Å². The van der Waals surface area contributed by atoms with E-state index in [4.69, 9.17) is 4.74 Å². The summed E-state index contributed by atoms with van der Waals surface area (Å²) < 4.78 is 5.32. The molecule has 0 spiro atoms. The summed E-state index contributed by atoms with van der Waals surface area (Å²) in [6.07, 6.45) is 3.81. The fraction of sp³-hybridized carbons (Fsp3) is 0.579. The summed E-state index contributed by atoms with van der Waals surface area (Å²) in [4.78, 5) is 23.5. The number of benzene rings is 1. The van der Waals surface area contributed by atoms with Crippen molar-refractivity contribution in [3.63, 3.8) is 0 Å². The molecule has 1 fully saturated rings. The van der Waals surface area contributed by atoms with Gasteiger partial charge in [0.25, 0.3) is 0 Å². The standard InChI is InChI=1S/C19H28N2O3/c1-4-6-18(22)20-12-13-10-15(13)16-11-14(24-3)8-9-17(16)21-19(23)7-5-2/h8-9,11,13,15H,4-7,10,12H2,1-3H3,(H,20,22)(H,21,23). The highest BCUT2D eigenvalue weighted by Crippen LogP contribution is 2.50. The number of ether oxygens (including phenoxy) is 1. The molecule has 0 aliphatic heterocycles. The Morgan fingerprint density at radius 1 is 1.17 bits per heavy atom. The van der Waals surface area contributed by atoms with Gasteiger partial charge >= 0.3 is 0 Å². The fourth-order valence-corrected chi connectivity index (χ4v) is 2.94. The van der Waals surface area contributed by atoms with Crippen molar-refractivity contribution in [3.05, 3.63) is 23.8 Å². The Kier molecular flexibility index (Phi) is 6.64. The van der Waals surface area contributed by atoms with Crippen LogP contribution in [0.15, 0.2) is 18.2 Å². The number of methoxy groups -OCH3 is 1. The van der Waals surface area contributed by atoms with Crippen molar-refractivity contribution in [2.45, 2.75) is 51.9 Å². The molecule has 1 saturated carbocycles. The smallest absolute Gasteiger partial charge is 0.224 e. The minimum absolute atomic E-state index is 0.0392. The lowest BCUT2D eigenvalue weighted by molar-refractivity contribution is -0.121. The Hall–Kier alpha value is -2.04. The molecule has 1 aliphatic carbocycles. The molecule has 0 bridgehead atoms.